The van der Waals surface area contributed by atoms with Crippen LogP contribution >= 0.6 is 0 Å². The number of carboxylic acids is 1. The third-order valence-electron chi connectivity index (χ3n) is 0.958. The minimum atomic E-state index is -2.26. The molecule has 0 rings (SSSR count). The maximum atomic E-state index is 10.4. The molecule has 0 saturated heterocycles. The van der Waals surface area contributed by atoms with Gasteiger partial charge in [-0.25, -0.2) is 0 Å². The molecule has 66 valence electrons. The first-order valence-corrected chi connectivity index (χ1v) is 3.68. The average Bonchev–Trinajstić information content (AvgIpc) is 2.02. The van der Waals surface area contributed by atoms with Crippen LogP contribution in [0, 0.1) is 0 Å². The van der Waals surface area contributed by atoms with Gasteiger partial charge < -0.3 is 0 Å². The van der Waals surface area contributed by atoms with Crippen LogP contribution in [-0.4, -0.2) is 55.0 Å². The number of aliphatic carboxylic acids is 1. The van der Waals surface area contributed by atoms with Crippen molar-refractivity contribution in [3.63, 3.8) is 0 Å². The molecule has 0 saturated carbocycles. The van der Waals surface area contributed by atoms with Crippen molar-refractivity contribution >= 4 is 27.4 Å². The van der Waals surface area contributed by atoms with E-state index in [4.69, 9.17) is 15.3 Å². The van der Waals surface area contributed by atoms with Gasteiger partial charge in [-0.3, -0.25) is 0 Å². The Balaban J connectivity index is 4.17. The molecule has 0 bridgehead atoms. The van der Waals surface area contributed by atoms with Gasteiger partial charge in [-0.1, -0.05) is 0 Å². The number of carbonyl (C=O) groups excluding carboxylic acids is 1. The Kier molecular flexibility index (Phi) is 4.62. The summed E-state index contributed by atoms with van der Waals surface area (Å²) in [6.45, 7) is 0. The molecule has 2 atom stereocenters. The molecule has 0 spiro atoms. The predicted octanol–water partition coefficient (Wildman–Crippen LogP) is -2.70. The van der Waals surface area contributed by atoms with Crippen LogP contribution < -0.4 is 0 Å². The molecule has 0 aliphatic rings. The van der Waals surface area contributed by atoms with E-state index in [-0.39, 0.29) is 0 Å². The Morgan fingerprint density at radius 2 is 1.75 bits per heavy atom. The second-order valence-electron chi connectivity index (χ2n) is 1.76. The summed E-state index contributed by atoms with van der Waals surface area (Å²) in [4.78, 5) is 20.4. The first kappa shape index (κ1) is 11.2. The zero-order valence-electron chi connectivity index (χ0n) is 5.71. The molecule has 0 amide bonds. The molecule has 8 heteroatoms. The van der Waals surface area contributed by atoms with E-state index in [2.05, 4.69) is 3.79 Å². The molecule has 3 N–H and O–H groups in total. The van der Waals surface area contributed by atoms with Gasteiger partial charge in [0.05, 0.1) is 0 Å². The molecule has 0 aliphatic heterocycles. The zero-order chi connectivity index (χ0) is 9.72. The summed E-state index contributed by atoms with van der Waals surface area (Å²) in [6, 6.07) is 0. The Bertz CT molecular complexity index is 202. The van der Waals surface area contributed by atoms with Crippen LogP contribution in [0.3, 0.4) is 0 Å². The Hall–Kier alpha value is -0.808. The van der Waals surface area contributed by atoms with Gasteiger partial charge in [-0.05, 0) is 0 Å². The van der Waals surface area contributed by atoms with Crippen molar-refractivity contribution in [1.29, 1.82) is 0 Å². The third kappa shape index (κ3) is 3.06. The van der Waals surface area contributed by atoms with Gasteiger partial charge in [0.25, 0.3) is 0 Å². The van der Waals surface area contributed by atoms with E-state index in [0.717, 1.165) is 0 Å². The monoisotopic (exact) mass is 192 g/mol. The van der Waals surface area contributed by atoms with Gasteiger partial charge >= 0.3 is 72.1 Å². The van der Waals surface area contributed by atoms with Crippen molar-refractivity contribution < 1.29 is 32.5 Å². The summed E-state index contributed by atoms with van der Waals surface area (Å²) in [5.41, 5.74) is 0. The van der Waals surface area contributed by atoms with E-state index in [1.165, 1.54) is 0 Å². The van der Waals surface area contributed by atoms with E-state index in [1.807, 2.05) is 0 Å². The fourth-order valence-corrected chi connectivity index (χ4v) is 0.615. The number of hydrogen-bond donors (Lipinski definition) is 3. The average molecular weight is 192 g/mol. The Morgan fingerprint density at radius 3 is 2.08 bits per heavy atom. The first-order valence-electron chi connectivity index (χ1n) is 2.73. The molecule has 7 nitrogen and oxygen atoms in total. The van der Waals surface area contributed by atoms with Crippen LogP contribution in [0.25, 0.3) is 0 Å². The fourth-order valence-electron chi connectivity index (χ4n) is 0.381. The van der Waals surface area contributed by atoms with E-state index in [1.54, 1.807) is 0 Å². The number of carboxylic acid groups (broad SMARTS) is 1. The van der Waals surface area contributed by atoms with E-state index in [0.29, 0.717) is 0 Å². The van der Waals surface area contributed by atoms with Gasteiger partial charge in [-0.15, -0.1) is 0 Å². The van der Waals surface area contributed by atoms with Crippen LogP contribution in [-0.2, 0) is 17.2 Å². The first-order chi connectivity index (χ1) is 5.50. The van der Waals surface area contributed by atoms with E-state index < -0.39 is 39.6 Å². The molecule has 0 aromatic rings. The fraction of sp³-hybridized carbons (Fsp3) is 0.500. The second kappa shape index (κ2) is 4.95. The van der Waals surface area contributed by atoms with Gasteiger partial charge in [0.1, 0.15) is 0 Å². The third-order valence-corrected chi connectivity index (χ3v) is 1.29. The molecule has 0 aliphatic carbocycles. The molecule has 0 heterocycles. The van der Waals surface area contributed by atoms with Crippen molar-refractivity contribution in [2.24, 2.45) is 0 Å². The van der Waals surface area contributed by atoms with Crippen LogP contribution in [0.1, 0.15) is 0 Å². The number of carbonyl (C=O) groups is 2. The number of rotatable bonds is 4. The summed E-state index contributed by atoms with van der Waals surface area (Å²) >= 11 is -1.87. The number of aliphatic hydroxyl groups is 2. The molecule has 0 radical (unpaired) electrons. The summed E-state index contributed by atoms with van der Waals surface area (Å²) in [5, 5.41) is 25.3. The summed E-state index contributed by atoms with van der Waals surface area (Å²) in [7, 11) is 0. The van der Waals surface area contributed by atoms with Crippen LogP contribution in [0.5, 0.6) is 0 Å². The molecular weight excluding hydrogens is 187 g/mol. The molecule has 2 unspecified atom stereocenters. The minimum absolute atomic E-state index is 1.42. The normalized spacial score (nSPS) is 14.2. The van der Waals surface area contributed by atoms with Crippen molar-refractivity contribution in [2.45, 2.75) is 12.2 Å². The standard InChI is InChI=1S/C4H6O6.Al.O/c5-1(3(7)8)2(6)4(9)10;;/h1-2,5-6H,(H,7,8)(H,9,10);;/q;+1;/p-1. The molecule has 0 aromatic heterocycles. The van der Waals surface area contributed by atoms with Crippen molar-refractivity contribution in [1.82, 2.24) is 0 Å². The van der Waals surface area contributed by atoms with Gasteiger partial charge in [0.15, 0.2) is 0 Å². The van der Waals surface area contributed by atoms with Crippen LogP contribution in [0.2, 0.25) is 0 Å². The van der Waals surface area contributed by atoms with Gasteiger partial charge in [-0.2, -0.15) is 0 Å². The van der Waals surface area contributed by atoms with Crippen LogP contribution in [0.4, 0.5) is 0 Å². The van der Waals surface area contributed by atoms with Crippen LogP contribution in [0.15, 0.2) is 0 Å². The van der Waals surface area contributed by atoms with E-state index >= 15 is 0 Å². The molecule has 0 aromatic carbocycles. The zero-order valence-corrected chi connectivity index (χ0v) is 6.86. The predicted molar refractivity (Wildman–Crippen MR) is 32.2 cm³/mol. The topological polar surface area (TPSA) is 121 Å². The maximum absolute atomic E-state index is 10.4. The molecule has 0 fully saturated rings. The number of hydrogen-bond acceptors (Lipinski definition) is 6. The summed E-state index contributed by atoms with van der Waals surface area (Å²) < 4.78 is 13.5. The van der Waals surface area contributed by atoms with Crippen molar-refractivity contribution in [2.75, 3.05) is 0 Å². The number of aliphatic hydroxyl groups excluding tert-OH is 2. The summed E-state index contributed by atoms with van der Waals surface area (Å²) in [5.74, 6) is -3.18. The molecule has 12 heavy (non-hydrogen) atoms. The van der Waals surface area contributed by atoms with Crippen molar-refractivity contribution in [3.05, 3.63) is 0 Å². The van der Waals surface area contributed by atoms with Gasteiger partial charge in [0, 0.05) is 0 Å². The summed E-state index contributed by atoms with van der Waals surface area (Å²) in [6.07, 6.45) is -4.47. The van der Waals surface area contributed by atoms with E-state index in [9.17, 15) is 13.4 Å². The quantitative estimate of drug-likeness (QED) is 0.414. The van der Waals surface area contributed by atoms with Gasteiger partial charge in [0.2, 0.25) is 0 Å². The van der Waals surface area contributed by atoms with Crippen molar-refractivity contribution in [3.8, 4) is 0 Å². The Labute approximate surface area is 72.8 Å². The SMILES string of the molecule is [O]=[Al][O]C(=O)C(O)C(O)C(=O)O. The Morgan fingerprint density at radius 1 is 1.25 bits per heavy atom. The molecular formula is C4H5AlO7. The second-order valence-corrected chi connectivity index (χ2v) is 2.19.